The van der Waals surface area contributed by atoms with E-state index in [-0.39, 0.29) is 12.3 Å². The quantitative estimate of drug-likeness (QED) is 0.556. The van der Waals surface area contributed by atoms with Crippen molar-refractivity contribution in [1.82, 2.24) is 0 Å². The Balaban J connectivity index is 2.33. The van der Waals surface area contributed by atoms with Gasteiger partial charge in [0, 0.05) is 12.3 Å². The van der Waals surface area contributed by atoms with E-state index in [0.717, 1.165) is 12.8 Å². The fourth-order valence-electron chi connectivity index (χ4n) is 1.14. The molecule has 0 N–H and O–H groups in total. The first-order valence-electron chi connectivity index (χ1n) is 3.47. The molecule has 0 saturated heterocycles. The molecule has 1 fully saturated rings. The number of halogens is 2. The van der Waals surface area contributed by atoms with Crippen LogP contribution >= 0.6 is 0 Å². The van der Waals surface area contributed by atoms with E-state index in [1.165, 1.54) is 0 Å². The van der Waals surface area contributed by atoms with Gasteiger partial charge in [-0.1, -0.05) is 0 Å². The predicted molar refractivity (Wildman–Crippen MR) is 32.9 cm³/mol. The van der Waals surface area contributed by atoms with E-state index >= 15 is 0 Å². The smallest absolute Gasteiger partial charge is 0.242 e. The van der Waals surface area contributed by atoms with Gasteiger partial charge < -0.3 is 4.79 Å². The molecule has 1 saturated carbocycles. The lowest BCUT2D eigenvalue weighted by molar-refractivity contribution is -0.110. The lowest BCUT2D eigenvalue weighted by atomic mass is 10.0. The predicted octanol–water partition coefficient (Wildman–Crippen LogP) is 1.87. The molecule has 10 heavy (non-hydrogen) atoms. The molecule has 1 aliphatic rings. The number of rotatable bonds is 4. The highest BCUT2D eigenvalue weighted by Gasteiger charge is 2.36. The Labute approximate surface area is 58.4 Å². The van der Waals surface area contributed by atoms with Gasteiger partial charge in [0.05, 0.1) is 0 Å². The van der Waals surface area contributed by atoms with Crippen LogP contribution in [0.15, 0.2) is 0 Å². The Bertz CT molecular complexity index is 119. The second-order valence-electron chi connectivity index (χ2n) is 2.74. The Morgan fingerprint density at radius 3 is 2.40 bits per heavy atom. The minimum Gasteiger partial charge on any atom is -0.303 e. The van der Waals surface area contributed by atoms with Gasteiger partial charge in [-0.15, -0.1) is 0 Å². The third-order valence-electron chi connectivity index (χ3n) is 1.92. The molecule has 1 aliphatic carbocycles. The number of alkyl halides is 2. The number of hydrogen-bond donors (Lipinski definition) is 0. The summed E-state index contributed by atoms with van der Waals surface area (Å²) in [7, 11) is 0. The van der Waals surface area contributed by atoms with E-state index in [9.17, 15) is 13.6 Å². The van der Waals surface area contributed by atoms with Gasteiger partial charge >= 0.3 is 0 Å². The number of carbonyl (C=O) groups excluding carboxylic acids is 1. The maximum absolute atomic E-state index is 12.0. The van der Waals surface area contributed by atoms with Crippen molar-refractivity contribution in [2.45, 2.75) is 25.7 Å². The zero-order valence-corrected chi connectivity index (χ0v) is 5.59. The summed E-state index contributed by atoms with van der Waals surface area (Å²) in [5.74, 6) is -0.525. The molecule has 0 aromatic heterocycles. The molecule has 0 aromatic rings. The maximum atomic E-state index is 12.0. The van der Waals surface area contributed by atoms with E-state index < -0.39 is 12.3 Å². The molecule has 1 nitrogen and oxygen atoms in total. The van der Waals surface area contributed by atoms with Crippen LogP contribution in [-0.4, -0.2) is 12.7 Å². The Morgan fingerprint density at radius 2 is 2.10 bits per heavy atom. The van der Waals surface area contributed by atoms with Crippen LogP contribution in [0.4, 0.5) is 8.78 Å². The fraction of sp³-hybridized carbons (Fsp3) is 0.857. The summed E-state index contributed by atoms with van der Waals surface area (Å²) in [5, 5.41) is 0. The van der Waals surface area contributed by atoms with Crippen LogP contribution in [0, 0.1) is 11.8 Å². The molecule has 0 spiro atoms. The first-order valence-corrected chi connectivity index (χ1v) is 3.47. The lowest BCUT2D eigenvalue weighted by Gasteiger charge is -2.09. The van der Waals surface area contributed by atoms with E-state index in [1.54, 1.807) is 0 Å². The molecular formula is C7H10F2O. The van der Waals surface area contributed by atoms with Crippen molar-refractivity contribution >= 4 is 6.29 Å². The number of hydrogen-bond acceptors (Lipinski definition) is 1. The third kappa shape index (κ3) is 1.75. The maximum Gasteiger partial charge on any atom is 0.242 e. The topological polar surface area (TPSA) is 17.1 Å². The van der Waals surface area contributed by atoms with Crippen LogP contribution in [0.1, 0.15) is 19.3 Å². The van der Waals surface area contributed by atoms with E-state index in [4.69, 9.17) is 0 Å². The van der Waals surface area contributed by atoms with Gasteiger partial charge in [0.25, 0.3) is 0 Å². The summed E-state index contributed by atoms with van der Waals surface area (Å²) in [6.07, 6.45) is 0.0705. The van der Waals surface area contributed by atoms with Crippen LogP contribution < -0.4 is 0 Å². The van der Waals surface area contributed by atoms with E-state index in [2.05, 4.69) is 0 Å². The van der Waals surface area contributed by atoms with Gasteiger partial charge in [0.2, 0.25) is 6.43 Å². The zero-order chi connectivity index (χ0) is 7.56. The molecule has 1 atom stereocenters. The summed E-state index contributed by atoms with van der Waals surface area (Å²) in [4.78, 5) is 9.92. The van der Waals surface area contributed by atoms with Crippen molar-refractivity contribution in [3.05, 3.63) is 0 Å². The second-order valence-corrected chi connectivity index (χ2v) is 2.74. The van der Waals surface area contributed by atoms with Gasteiger partial charge in [-0.2, -0.15) is 0 Å². The van der Waals surface area contributed by atoms with Crippen LogP contribution in [0.3, 0.4) is 0 Å². The summed E-state index contributed by atoms with van der Waals surface area (Å²) in [6.45, 7) is 0. The highest BCUT2D eigenvalue weighted by atomic mass is 19.3. The van der Waals surface area contributed by atoms with Gasteiger partial charge in [-0.25, -0.2) is 8.78 Å². The normalized spacial score (nSPS) is 21.1. The van der Waals surface area contributed by atoms with Crippen molar-refractivity contribution < 1.29 is 13.6 Å². The zero-order valence-electron chi connectivity index (χ0n) is 5.59. The molecular weight excluding hydrogens is 138 g/mol. The van der Waals surface area contributed by atoms with Crippen molar-refractivity contribution in [2.24, 2.45) is 11.8 Å². The molecule has 0 aliphatic heterocycles. The second kappa shape index (κ2) is 3.08. The van der Waals surface area contributed by atoms with Gasteiger partial charge in [0.1, 0.15) is 6.29 Å². The van der Waals surface area contributed by atoms with E-state index in [0.29, 0.717) is 6.29 Å². The summed E-state index contributed by atoms with van der Waals surface area (Å²) in [5.41, 5.74) is 0. The molecule has 1 unspecified atom stereocenters. The summed E-state index contributed by atoms with van der Waals surface area (Å²) < 4.78 is 24.0. The minimum absolute atomic E-state index is 0.0301. The largest absolute Gasteiger partial charge is 0.303 e. The molecule has 0 aromatic carbocycles. The molecule has 0 heterocycles. The highest BCUT2D eigenvalue weighted by Crippen LogP contribution is 2.40. The average molecular weight is 148 g/mol. The first kappa shape index (κ1) is 7.63. The number of carbonyl (C=O) groups is 1. The van der Waals surface area contributed by atoms with Crippen molar-refractivity contribution in [2.75, 3.05) is 0 Å². The summed E-state index contributed by atoms with van der Waals surface area (Å²) in [6, 6.07) is 0. The van der Waals surface area contributed by atoms with Gasteiger partial charge in [0.15, 0.2) is 0 Å². The first-order chi connectivity index (χ1) is 4.75. The standard InChI is InChI=1S/C7H10F2O/c8-7(9)6(3-4-10)5-1-2-5/h4-7H,1-3H2. The molecule has 0 bridgehead atoms. The van der Waals surface area contributed by atoms with Crippen molar-refractivity contribution in [3.8, 4) is 0 Å². The third-order valence-corrected chi connectivity index (χ3v) is 1.92. The lowest BCUT2D eigenvalue weighted by Crippen LogP contribution is -2.13. The van der Waals surface area contributed by atoms with E-state index in [1.807, 2.05) is 0 Å². The van der Waals surface area contributed by atoms with Gasteiger partial charge in [-0.05, 0) is 18.8 Å². The van der Waals surface area contributed by atoms with Crippen LogP contribution in [-0.2, 0) is 4.79 Å². The Morgan fingerprint density at radius 1 is 1.50 bits per heavy atom. The molecule has 58 valence electrons. The fourth-order valence-corrected chi connectivity index (χ4v) is 1.14. The van der Waals surface area contributed by atoms with Crippen LogP contribution in [0.25, 0.3) is 0 Å². The van der Waals surface area contributed by atoms with Crippen molar-refractivity contribution in [1.29, 1.82) is 0 Å². The average Bonchev–Trinajstić information content (AvgIpc) is 2.63. The summed E-state index contributed by atoms with van der Waals surface area (Å²) >= 11 is 0. The van der Waals surface area contributed by atoms with Gasteiger partial charge in [-0.3, -0.25) is 0 Å². The minimum atomic E-state index is -2.31. The monoisotopic (exact) mass is 148 g/mol. The van der Waals surface area contributed by atoms with Crippen LogP contribution in [0.5, 0.6) is 0 Å². The Hall–Kier alpha value is -0.470. The molecule has 3 heteroatoms. The SMILES string of the molecule is O=CCC(C(F)F)C1CC1. The molecule has 0 radical (unpaired) electrons. The highest BCUT2D eigenvalue weighted by molar-refractivity contribution is 5.50. The van der Waals surface area contributed by atoms with Crippen LogP contribution in [0.2, 0.25) is 0 Å². The Kier molecular flexibility index (Phi) is 2.35. The molecule has 0 amide bonds. The molecule has 1 rings (SSSR count). The van der Waals surface area contributed by atoms with Crippen molar-refractivity contribution in [3.63, 3.8) is 0 Å². The number of aldehydes is 1.